The van der Waals surface area contributed by atoms with E-state index in [2.05, 4.69) is 43.1 Å². The first-order valence-corrected chi connectivity index (χ1v) is 8.77. The summed E-state index contributed by atoms with van der Waals surface area (Å²) in [6.45, 7) is 0.0325. The number of terminal acetylenes is 1. The maximum Gasteiger partial charge on any atom is 0.266 e. The number of hydrogen-bond donors (Lipinski definition) is 1. The van der Waals surface area contributed by atoms with E-state index in [9.17, 15) is 14.4 Å². The highest BCUT2D eigenvalue weighted by Crippen LogP contribution is 2.34. The summed E-state index contributed by atoms with van der Waals surface area (Å²) in [6.07, 6.45) is 6.61. The standard InChI is InChI=1S/C19H11Br2FN2O2/c1-2-7-26-18-12(9-14(20)10-17(18)21)8-13(11-23)19(25)24-16-5-3-15(22)4-6-16/h1,3-6,8-10H,7H2,(H,24,25)/b13-8+. The molecule has 7 heteroatoms. The van der Waals surface area contributed by atoms with Crippen LogP contribution in [0, 0.1) is 29.5 Å². The molecule has 2 aromatic carbocycles. The highest BCUT2D eigenvalue weighted by atomic mass is 79.9. The van der Waals surface area contributed by atoms with Gasteiger partial charge in [0.15, 0.2) is 0 Å². The van der Waals surface area contributed by atoms with E-state index in [1.807, 2.05) is 6.07 Å². The van der Waals surface area contributed by atoms with Crippen molar-refractivity contribution in [1.82, 2.24) is 0 Å². The number of rotatable bonds is 5. The SMILES string of the molecule is C#CCOc1c(Br)cc(Br)cc1/C=C(\C#N)C(=O)Nc1ccc(F)cc1. The van der Waals surface area contributed by atoms with Gasteiger partial charge in [-0.15, -0.1) is 6.42 Å². The van der Waals surface area contributed by atoms with E-state index < -0.39 is 11.7 Å². The van der Waals surface area contributed by atoms with Crippen molar-refractivity contribution < 1.29 is 13.9 Å². The molecular weight excluding hydrogens is 467 g/mol. The van der Waals surface area contributed by atoms with Crippen LogP contribution in [0.5, 0.6) is 5.75 Å². The first-order valence-electron chi connectivity index (χ1n) is 7.18. The maximum atomic E-state index is 12.9. The Bertz CT molecular complexity index is 942. The van der Waals surface area contributed by atoms with Crippen LogP contribution in [0.2, 0.25) is 0 Å². The topological polar surface area (TPSA) is 62.1 Å². The van der Waals surface area contributed by atoms with Crippen molar-refractivity contribution in [1.29, 1.82) is 5.26 Å². The van der Waals surface area contributed by atoms with E-state index in [4.69, 9.17) is 11.2 Å². The van der Waals surface area contributed by atoms with Gasteiger partial charge in [-0.1, -0.05) is 21.9 Å². The van der Waals surface area contributed by atoms with Crippen LogP contribution in [0.1, 0.15) is 5.56 Å². The number of nitrogens with one attached hydrogen (secondary N) is 1. The third-order valence-electron chi connectivity index (χ3n) is 3.10. The summed E-state index contributed by atoms with van der Waals surface area (Å²) in [4.78, 5) is 12.3. The summed E-state index contributed by atoms with van der Waals surface area (Å²) < 4.78 is 19.8. The Morgan fingerprint density at radius 2 is 2.00 bits per heavy atom. The average molecular weight is 478 g/mol. The smallest absolute Gasteiger partial charge is 0.266 e. The van der Waals surface area contributed by atoms with Gasteiger partial charge in [0, 0.05) is 15.7 Å². The van der Waals surface area contributed by atoms with E-state index in [1.165, 1.54) is 30.3 Å². The van der Waals surface area contributed by atoms with E-state index in [1.54, 1.807) is 12.1 Å². The van der Waals surface area contributed by atoms with Crippen LogP contribution >= 0.6 is 31.9 Å². The van der Waals surface area contributed by atoms with Crippen LogP contribution in [-0.2, 0) is 4.79 Å². The van der Waals surface area contributed by atoms with Crippen molar-refractivity contribution in [3.05, 3.63) is 62.3 Å². The highest BCUT2D eigenvalue weighted by molar-refractivity contribution is 9.11. The van der Waals surface area contributed by atoms with Gasteiger partial charge in [0.1, 0.15) is 29.8 Å². The molecule has 4 nitrogen and oxygen atoms in total. The molecule has 1 N–H and O–H groups in total. The average Bonchev–Trinajstić information content (AvgIpc) is 2.60. The molecule has 0 spiro atoms. The molecule has 0 aliphatic carbocycles. The molecule has 26 heavy (non-hydrogen) atoms. The number of nitrogens with zero attached hydrogens (tertiary/aromatic N) is 1. The van der Waals surface area contributed by atoms with E-state index >= 15 is 0 Å². The first kappa shape index (κ1) is 19.7. The third-order valence-corrected chi connectivity index (χ3v) is 4.15. The minimum absolute atomic E-state index is 0.0325. The molecule has 0 heterocycles. The Balaban J connectivity index is 2.36. The lowest BCUT2D eigenvalue weighted by Crippen LogP contribution is -2.13. The van der Waals surface area contributed by atoms with Gasteiger partial charge in [0.05, 0.1) is 4.47 Å². The van der Waals surface area contributed by atoms with Gasteiger partial charge < -0.3 is 10.1 Å². The zero-order chi connectivity index (χ0) is 19.1. The molecule has 0 saturated carbocycles. The second kappa shape index (κ2) is 9.19. The molecule has 0 bridgehead atoms. The van der Waals surface area contributed by atoms with Gasteiger partial charge in [-0.3, -0.25) is 4.79 Å². The van der Waals surface area contributed by atoms with Crippen LogP contribution in [-0.4, -0.2) is 12.5 Å². The lowest BCUT2D eigenvalue weighted by atomic mass is 10.1. The molecule has 0 aliphatic rings. The van der Waals surface area contributed by atoms with Gasteiger partial charge in [0.2, 0.25) is 0 Å². The molecule has 1 amide bonds. The fourth-order valence-corrected chi connectivity index (χ4v) is 3.36. The Kier molecular flexibility index (Phi) is 6.97. The minimum Gasteiger partial charge on any atom is -0.479 e. The molecular formula is C19H11Br2FN2O2. The molecule has 0 saturated heterocycles. The molecule has 2 aromatic rings. The van der Waals surface area contributed by atoms with Crippen LogP contribution in [0.15, 0.2) is 50.9 Å². The quantitative estimate of drug-likeness (QED) is 0.378. The van der Waals surface area contributed by atoms with Crippen LogP contribution in [0.3, 0.4) is 0 Å². The summed E-state index contributed by atoms with van der Waals surface area (Å²) in [7, 11) is 0. The van der Waals surface area contributed by atoms with Gasteiger partial charge >= 0.3 is 0 Å². The zero-order valence-electron chi connectivity index (χ0n) is 13.2. The number of nitriles is 1. The van der Waals surface area contributed by atoms with Gasteiger partial charge in [-0.2, -0.15) is 5.26 Å². The second-order valence-corrected chi connectivity index (χ2v) is 6.70. The highest BCUT2D eigenvalue weighted by Gasteiger charge is 2.14. The summed E-state index contributed by atoms with van der Waals surface area (Å²) in [5.74, 6) is 1.72. The molecule has 130 valence electrons. The number of carbonyl (C=O) groups excluding carboxylic acids is 1. The fourth-order valence-electron chi connectivity index (χ4n) is 1.99. The molecule has 2 rings (SSSR count). The van der Waals surface area contributed by atoms with Crippen molar-refractivity contribution >= 4 is 49.5 Å². The molecule has 0 fully saturated rings. The molecule has 0 aromatic heterocycles. The number of carbonyl (C=O) groups is 1. The summed E-state index contributed by atoms with van der Waals surface area (Å²) in [6, 6.07) is 10.5. The van der Waals surface area contributed by atoms with E-state index in [-0.39, 0.29) is 12.2 Å². The Morgan fingerprint density at radius 3 is 2.62 bits per heavy atom. The number of anilines is 1. The van der Waals surface area contributed by atoms with Gasteiger partial charge in [-0.05, 0) is 58.4 Å². The van der Waals surface area contributed by atoms with Crippen molar-refractivity contribution in [2.75, 3.05) is 11.9 Å². The predicted molar refractivity (Wildman–Crippen MR) is 105 cm³/mol. The van der Waals surface area contributed by atoms with Gasteiger partial charge in [0.25, 0.3) is 5.91 Å². The number of ether oxygens (including phenoxy) is 1. The van der Waals surface area contributed by atoms with Crippen molar-refractivity contribution in [3.63, 3.8) is 0 Å². The Morgan fingerprint density at radius 1 is 1.31 bits per heavy atom. The third kappa shape index (κ3) is 5.19. The maximum absolute atomic E-state index is 12.9. The van der Waals surface area contributed by atoms with Crippen LogP contribution in [0.25, 0.3) is 6.08 Å². The number of hydrogen-bond acceptors (Lipinski definition) is 3. The lowest BCUT2D eigenvalue weighted by Gasteiger charge is -2.11. The fraction of sp³-hybridized carbons (Fsp3) is 0.0526. The lowest BCUT2D eigenvalue weighted by molar-refractivity contribution is -0.112. The van der Waals surface area contributed by atoms with Crippen LogP contribution in [0.4, 0.5) is 10.1 Å². The molecule has 0 radical (unpaired) electrons. The Hall–Kier alpha value is -2.61. The normalized spacial score (nSPS) is 10.6. The molecule has 0 unspecified atom stereocenters. The first-order chi connectivity index (χ1) is 12.4. The van der Waals surface area contributed by atoms with Crippen LogP contribution < -0.4 is 10.1 Å². The largest absolute Gasteiger partial charge is 0.479 e. The zero-order valence-corrected chi connectivity index (χ0v) is 16.4. The number of halogens is 3. The van der Waals surface area contributed by atoms with Crippen molar-refractivity contribution in [3.8, 4) is 24.2 Å². The number of amides is 1. The van der Waals surface area contributed by atoms with Crippen molar-refractivity contribution in [2.24, 2.45) is 0 Å². The second-order valence-electron chi connectivity index (χ2n) is 4.93. The predicted octanol–water partition coefficient (Wildman–Crippen LogP) is 4.91. The summed E-state index contributed by atoms with van der Waals surface area (Å²) in [5.41, 5.74) is 0.717. The summed E-state index contributed by atoms with van der Waals surface area (Å²) in [5, 5.41) is 11.9. The summed E-state index contributed by atoms with van der Waals surface area (Å²) >= 11 is 6.72. The number of benzene rings is 2. The Labute approximate surface area is 166 Å². The van der Waals surface area contributed by atoms with E-state index in [0.29, 0.717) is 21.5 Å². The van der Waals surface area contributed by atoms with Crippen molar-refractivity contribution in [2.45, 2.75) is 0 Å². The molecule has 0 atom stereocenters. The van der Waals surface area contributed by atoms with Gasteiger partial charge in [-0.25, -0.2) is 4.39 Å². The minimum atomic E-state index is -0.627. The monoisotopic (exact) mass is 476 g/mol. The molecule has 0 aliphatic heterocycles. The van der Waals surface area contributed by atoms with E-state index in [0.717, 1.165) is 4.47 Å².